The van der Waals surface area contributed by atoms with Crippen LogP contribution in [0, 0.1) is 11.6 Å². The molecule has 0 unspecified atom stereocenters. The fourth-order valence-corrected chi connectivity index (χ4v) is 3.51. The standard InChI is InChI=1S/C21H17ClF2N4O/c22-17-4-2-1-3-15(17)19-7-8-20(26-25-19)27-9-11-28(12-10-27)21(29)16-6-5-14(23)13-18(16)24/h1-8,13H,9-12H2. The van der Waals surface area contributed by atoms with Crippen LogP contribution in [-0.2, 0) is 0 Å². The number of carbonyl (C=O) groups excluding carboxylic acids is 1. The molecule has 3 aromatic rings. The summed E-state index contributed by atoms with van der Waals surface area (Å²) in [6, 6.07) is 14.1. The molecular weight excluding hydrogens is 398 g/mol. The molecule has 0 N–H and O–H groups in total. The van der Waals surface area contributed by atoms with E-state index in [1.807, 2.05) is 35.2 Å². The molecule has 0 bridgehead atoms. The SMILES string of the molecule is O=C(c1ccc(F)cc1F)N1CCN(c2ccc(-c3ccccc3Cl)nn2)CC1. The molecule has 0 aliphatic carbocycles. The van der Waals surface area contributed by atoms with Crippen molar-refractivity contribution in [3.63, 3.8) is 0 Å². The lowest BCUT2D eigenvalue weighted by Crippen LogP contribution is -2.49. The fraction of sp³-hybridized carbons (Fsp3) is 0.190. The predicted molar refractivity (Wildman–Crippen MR) is 107 cm³/mol. The minimum absolute atomic E-state index is 0.122. The topological polar surface area (TPSA) is 49.3 Å². The van der Waals surface area contributed by atoms with E-state index in [4.69, 9.17) is 11.6 Å². The first-order valence-electron chi connectivity index (χ1n) is 9.11. The molecule has 148 valence electrons. The van der Waals surface area contributed by atoms with E-state index in [2.05, 4.69) is 10.2 Å². The molecule has 2 aromatic carbocycles. The Morgan fingerprint density at radius 3 is 2.34 bits per heavy atom. The highest BCUT2D eigenvalue weighted by atomic mass is 35.5. The van der Waals surface area contributed by atoms with Crippen LogP contribution in [-0.4, -0.2) is 47.2 Å². The van der Waals surface area contributed by atoms with Crippen LogP contribution in [0.25, 0.3) is 11.3 Å². The number of aromatic nitrogens is 2. The van der Waals surface area contributed by atoms with Crippen LogP contribution in [0.5, 0.6) is 0 Å². The number of piperazine rings is 1. The van der Waals surface area contributed by atoms with Gasteiger partial charge in [0.1, 0.15) is 11.6 Å². The molecule has 1 saturated heterocycles. The molecule has 1 amide bonds. The van der Waals surface area contributed by atoms with Crippen LogP contribution in [0.2, 0.25) is 5.02 Å². The van der Waals surface area contributed by atoms with E-state index in [-0.39, 0.29) is 5.56 Å². The van der Waals surface area contributed by atoms with Crippen molar-refractivity contribution in [2.24, 2.45) is 0 Å². The average molecular weight is 415 g/mol. The number of amides is 1. The van der Waals surface area contributed by atoms with Gasteiger partial charge in [-0.3, -0.25) is 4.79 Å². The summed E-state index contributed by atoms with van der Waals surface area (Å²) < 4.78 is 26.9. The lowest BCUT2D eigenvalue weighted by atomic mass is 10.1. The van der Waals surface area contributed by atoms with E-state index in [1.54, 1.807) is 11.0 Å². The summed E-state index contributed by atoms with van der Waals surface area (Å²) in [5.41, 5.74) is 1.37. The minimum atomic E-state index is -0.849. The number of hydrogen-bond acceptors (Lipinski definition) is 4. The number of hydrogen-bond donors (Lipinski definition) is 0. The van der Waals surface area contributed by atoms with E-state index in [0.717, 1.165) is 17.7 Å². The van der Waals surface area contributed by atoms with Crippen molar-refractivity contribution in [1.82, 2.24) is 15.1 Å². The number of benzene rings is 2. The Bertz CT molecular complexity index is 1040. The van der Waals surface area contributed by atoms with Gasteiger partial charge in [-0.25, -0.2) is 8.78 Å². The van der Waals surface area contributed by atoms with Crippen molar-refractivity contribution in [1.29, 1.82) is 0 Å². The summed E-state index contributed by atoms with van der Waals surface area (Å²) in [4.78, 5) is 16.1. The highest BCUT2D eigenvalue weighted by molar-refractivity contribution is 6.33. The third-order valence-electron chi connectivity index (χ3n) is 4.85. The molecule has 5 nitrogen and oxygen atoms in total. The molecule has 2 heterocycles. The second kappa shape index (κ2) is 8.13. The van der Waals surface area contributed by atoms with Crippen molar-refractivity contribution in [3.05, 3.63) is 76.8 Å². The van der Waals surface area contributed by atoms with Gasteiger partial charge in [0.2, 0.25) is 0 Å². The van der Waals surface area contributed by atoms with E-state index < -0.39 is 17.5 Å². The van der Waals surface area contributed by atoms with E-state index in [0.29, 0.717) is 42.7 Å². The maximum atomic E-state index is 13.9. The molecule has 1 aliphatic heterocycles. The van der Waals surface area contributed by atoms with Gasteiger partial charge in [-0.1, -0.05) is 29.8 Å². The van der Waals surface area contributed by atoms with Crippen LogP contribution in [0.15, 0.2) is 54.6 Å². The second-order valence-corrected chi connectivity index (χ2v) is 7.07. The highest BCUT2D eigenvalue weighted by Crippen LogP contribution is 2.26. The van der Waals surface area contributed by atoms with Gasteiger partial charge >= 0.3 is 0 Å². The minimum Gasteiger partial charge on any atom is -0.352 e. The zero-order valence-electron chi connectivity index (χ0n) is 15.4. The summed E-state index contributed by atoms with van der Waals surface area (Å²) in [7, 11) is 0. The lowest BCUT2D eigenvalue weighted by molar-refractivity contribution is 0.0741. The molecule has 0 atom stereocenters. The summed E-state index contributed by atoms with van der Waals surface area (Å²) in [5, 5.41) is 9.15. The van der Waals surface area contributed by atoms with Crippen LogP contribution < -0.4 is 4.90 Å². The van der Waals surface area contributed by atoms with Gasteiger partial charge in [-0.15, -0.1) is 10.2 Å². The van der Waals surface area contributed by atoms with Crippen LogP contribution in [0.3, 0.4) is 0 Å². The highest BCUT2D eigenvalue weighted by Gasteiger charge is 2.25. The zero-order valence-corrected chi connectivity index (χ0v) is 16.1. The van der Waals surface area contributed by atoms with Gasteiger partial charge in [0, 0.05) is 37.8 Å². The van der Waals surface area contributed by atoms with Crippen molar-refractivity contribution in [2.45, 2.75) is 0 Å². The summed E-state index contributed by atoms with van der Waals surface area (Å²) >= 11 is 6.20. The first-order valence-corrected chi connectivity index (χ1v) is 9.48. The first-order chi connectivity index (χ1) is 14.0. The van der Waals surface area contributed by atoms with Gasteiger partial charge in [0.15, 0.2) is 5.82 Å². The summed E-state index contributed by atoms with van der Waals surface area (Å²) in [6.07, 6.45) is 0. The molecule has 29 heavy (non-hydrogen) atoms. The Balaban J connectivity index is 1.42. The largest absolute Gasteiger partial charge is 0.352 e. The third-order valence-corrected chi connectivity index (χ3v) is 5.18. The predicted octanol–water partition coefficient (Wildman–Crippen LogP) is 4.04. The molecule has 1 aliphatic rings. The number of nitrogens with zero attached hydrogens (tertiary/aromatic N) is 4. The Morgan fingerprint density at radius 1 is 0.931 bits per heavy atom. The molecule has 0 saturated carbocycles. The Labute approximate surface area is 171 Å². The van der Waals surface area contributed by atoms with Gasteiger partial charge in [0.05, 0.1) is 16.3 Å². The molecule has 1 aromatic heterocycles. The quantitative estimate of drug-likeness (QED) is 0.649. The fourth-order valence-electron chi connectivity index (χ4n) is 3.28. The van der Waals surface area contributed by atoms with Gasteiger partial charge < -0.3 is 9.80 Å². The van der Waals surface area contributed by atoms with Gasteiger partial charge in [-0.05, 0) is 30.3 Å². The van der Waals surface area contributed by atoms with Crippen LogP contribution >= 0.6 is 11.6 Å². The average Bonchev–Trinajstić information content (AvgIpc) is 2.74. The number of carbonyl (C=O) groups is 1. The Hall–Kier alpha value is -3.06. The Morgan fingerprint density at radius 2 is 1.69 bits per heavy atom. The molecule has 8 heteroatoms. The van der Waals surface area contributed by atoms with Crippen molar-refractivity contribution < 1.29 is 13.6 Å². The molecular formula is C21H17ClF2N4O. The van der Waals surface area contributed by atoms with E-state index in [9.17, 15) is 13.6 Å². The molecule has 0 spiro atoms. The smallest absolute Gasteiger partial charge is 0.256 e. The van der Waals surface area contributed by atoms with Crippen molar-refractivity contribution in [2.75, 3.05) is 31.1 Å². The Kier molecular flexibility index (Phi) is 5.40. The molecule has 1 fully saturated rings. The van der Waals surface area contributed by atoms with Crippen molar-refractivity contribution >= 4 is 23.3 Å². The normalized spacial score (nSPS) is 14.2. The maximum Gasteiger partial charge on any atom is 0.256 e. The zero-order chi connectivity index (χ0) is 20.4. The number of halogens is 3. The van der Waals surface area contributed by atoms with Gasteiger partial charge in [-0.2, -0.15) is 0 Å². The first kappa shape index (κ1) is 19.3. The van der Waals surface area contributed by atoms with Crippen LogP contribution in [0.4, 0.5) is 14.6 Å². The summed E-state index contributed by atoms with van der Waals surface area (Å²) in [6.45, 7) is 1.89. The number of anilines is 1. The second-order valence-electron chi connectivity index (χ2n) is 6.66. The van der Waals surface area contributed by atoms with E-state index >= 15 is 0 Å². The van der Waals surface area contributed by atoms with Crippen molar-refractivity contribution in [3.8, 4) is 11.3 Å². The molecule has 0 radical (unpaired) electrons. The van der Waals surface area contributed by atoms with Gasteiger partial charge in [0.25, 0.3) is 5.91 Å². The third kappa shape index (κ3) is 4.05. The maximum absolute atomic E-state index is 13.9. The van der Waals surface area contributed by atoms with Crippen LogP contribution in [0.1, 0.15) is 10.4 Å². The monoisotopic (exact) mass is 414 g/mol. The lowest BCUT2D eigenvalue weighted by Gasteiger charge is -2.35. The number of rotatable bonds is 3. The molecule has 4 rings (SSSR count). The summed E-state index contributed by atoms with van der Waals surface area (Å²) in [5.74, 6) is -1.30. The van der Waals surface area contributed by atoms with E-state index in [1.165, 1.54) is 6.07 Å².